The second-order valence-electron chi connectivity index (χ2n) is 3.82. The van der Waals surface area contributed by atoms with Gasteiger partial charge in [-0.3, -0.25) is 5.10 Å². The van der Waals surface area contributed by atoms with Crippen LogP contribution in [0.5, 0.6) is 0 Å². The Hall–Kier alpha value is -1.57. The van der Waals surface area contributed by atoms with Crippen molar-refractivity contribution < 1.29 is 0 Å². The largest absolute Gasteiger partial charge is 0.277 e. The molecule has 2 aromatic rings. The quantitative estimate of drug-likeness (QED) is 0.669. The van der Waals surface area contributed by atoms with Gasteiger partial charge in [0.15, 0.2) is 0 Å². The molecule has 0 aliphatic heterocycles. The van der Waals surface area contributed by atoms with Crippen LogP contribution in [-0.4, -0.2) is 10.2 Å². The Bertz CT molecular complexity index is 483. The van der Waals surface area contributed by atoms with E-state index in [1.165, 1.54) is 22.4 Å². The third-order valence-corrected chi connectivity index (χ3v) is 3.00. The number of fused-ring (bicyclic) bond motifs is 3. The van der Waals surface area contributed by atoms with Gasteiger partial charge in [-0.2, -0.15) is 5.10 Å². The van der Waals surface area contributed by atoms with Gasteiger partial charge in [-0.25, -0.2) is 0 Å². The van der Waals surface area contributed by atoms with Gasteiger partial charge in [-0.15, -0.1) is 0 Å². The van der Waals surface area contributed by atoms with Gasteiger partial charge in [0.1, 0.15) is 0 Å². The van der Waals surface area contributed by atoms with E-state index in [2.05, 4.69) is 41.4 Å². The zero-order valence-electron chi connectivity index (χ0n) is 8.17. The summed E-state index contributed by atoms with van der Waals surface area (Å²) < 4.78 is 0. The zero-order valence-corrected chi connectivity index (χ0v) is 8.17. The summed E-state index contributed by atoms with van der Waals surface area (Å²) in [7, 11) is 0. The molecule has 0 amide bonds. The van der Waals surface area contributed by atoms with E-state index in [-0.39, 0.29) is 0 Å². The van der Waals surface area contributed by atoms with Crippen LogP contribution in [-0.2, 0) is 12.8 Å². The van der Waals surface area contributed by atoms with Gasteiger partial charge in [-0.05, 0) is 25.3 Å². The van der Waals surface area contributed by atoms with Crippen LogP contribution in [0.15, 0.2) is 24.3 Å². The van der Waals surface area contributed by atoms with Crippen molar-refractivity contribution in [3.8, 4) is 11.3 Å². The lowest BCUT2D eigenvalue weighted by Crippen LogP contribution is -2.02. The highest BCUT2D eigenvalue weighted by atomic mass is 15.1. The first-order valence-corrected chi connectivity index (χ1v) is 4.98. The van der Waals surface area contributed by atoms with E-state index in [0.29, 0.717) is 0 Å². The van der Waals surface area contributed by atoms with Crippen molar-refractivity contribution in [2.24, 2.45) is 0 Å². The minimum Gasteiger partial charge on any atom is -0.277 e. The average molecular weight is 184 g/mol. The number of hydrogen-bond acceptors (Lipinski definition) is 1. The lowest BCUT2D eigenvalue weighted by molar-refractivity contribution is 0.933. The summed E-state index contributed by atoms with van der Waals surface area (Å²) in [5.41, 5.74) is 6.53. The van der Waals surface area contributed by atoms with Gasteiger partial charge in [-0.1, -0.05) is 24.3 Å². The van der Waals surface area contributed by atoms with E-state index in [0.717, 1.165) is 18.5 Å². The topological polar surface area (TPSA) is 28.7 Å². The summed E-state index contributed by atoms with van der Waals surface area (Å²) in [4.78, 5) is 0. The van der Waals surface area contributed by atoms with Crippen molar-refractivity contribution >= 4 is 0 Å². The number of rotatable bonds is 0. The highest BCUT2D eigenvalue weighted by Gasteiger charge is 2.18. The van der Waals surface area contributed by atoms with Gasteiger partial charge < -0.3 is 0 Å². The number of hydrogen-bond donors (Lipinski definition) is 1. The maximum atomic E-state index is 4.27. The fourth-order valence-electron chi connectivity index (χ4n) is 2.23. The Morgan fingerprint density at radius 1 is 1.21 bits per heavy atom. The van der Waals surface area contributed by atoms with Crippen molar-refractivity contribution in [3.63, 3.8) is 0 Å². The minimum absolute atomic E-state index is 1.12. The summed E-state index contributed by atoms with van der Waals surface area (Å²) in [5, 5.41) is 7.40. The molecule has 0 saturated heterocycles. The molecule has 1 aliphatic rings. The summed E-state index contributed by atoms with van der Waals surface area (Å²) in [6, 6.07) is 8.57. The number of benzene rings is 1. The maximum absolute atomic E-state index is 4.27. The predicted octanol–water partition coefficient (Wildman–Crippen LogP) is 2.48. The van der Waals surface area contributed by atoms with Gasteiger partial charge >= 0.3 is 0 Å². The highest BCUT2D eigenvalue weighted by molar-refractivity contribution is 5.70. The third kappa shape index (κ3) is 0.939. The first-order valence-electron chi connectivity index (χ1n) is 4.98. The van der Waals surface area contributed by atoms with E-state index in [9.17, 15) is 0 Å². The smallest absolute Gasteiger partial charge is 0.0687 e. The minimum atomic E-state index is 1.12. The van der Waals surface area contributed by atoms with E-state index < -0.39 is 0 Å². The first kappa shape index (κ1) is 7.80. The number of aromatic amines is 1. The van der Waals surface area contributed by atoms with E-state index in [4.69, 9.17) is 0 Å². The molecule has 2 nitrogen and oxygen atoms in total. The lowest BCUT2D eigenvalue weighted by Gasteiger charge is -2.15. The van der Waals surface area contributed by atoms with Crippen molar-refractivity contribution in [3.05, 3.63) is 41.1 Å². The Kier molecular flexibility index (Phi) is 1.51. The van der Waals surface area contributed by atoms with Crippen LogP contribution in [0, 0.1) is 6.92 Å². The standard InChI is InChI=1S/C12H12N2/c1-8-10-7-6-9-4-2-3-5-11(9)12(10)14-13-8/h2-5H,6-7H2,1H3,(H,13,14). The Balaban J connectivity index is 2.29. The fraction of sp³-hybridized carbons (Fsp3) is 0.250. The summed E-state index contributed by atoms with van der Waals surface area (Å²) >= 11 is 0. The molecule has 70 valence electrons. The molecule has 14 heavy (non-hydrogen) atoms. The number of H-pyrrole nitrogens is 1. The van der Waals surface area contributed by atoms with Gasteiger partial charge in [0.25, 0.3) is 0 Å². The van der Waals surface area contributed by atoms with E-state index in [1.54, 1.807) is 0 Å². The van der Waals surface area contributed by atoms with E-state index >= 15 is 0 Å². The molecule has 0 bridgehead atoms. The molecular weight excluding hydrogens is 172 g/mol. The molecular formula is C12H12N2. The van der Waals surface area contributed by atoms with Crippen LogP contribution in [0.2, 0.25) is 0 Å². The summed E-state index contributed by atoms with van der Waals surface area (Å²) in [6.07, 6.45) is 2.26. The van der Waals surface area contributed by atoms with Gasteiger partial charge in [0.2, 0.25) is 0 Å². The van der Waals surface area contributed by atoms with Crippen molar-refractivity contribution in [1.82, 2.24) is 10.2 Å². The summed E-state index contributed by atoms with van der Waals surface area (Å²) in [5.74, 6) is 0. The normalized spacial score (nSPS) is 13.5. The van der Waals surface area contributed by atoms with E-state index in [1.807, 2.05) is 0 Å². The number of nitrogens with one attached hydrogen (secondary N) is 1. The van der Waals surface area contributed by atoms with Crippen LogP contribution in [0.3, 0.4) is 0 Å². The van der Waals surface area contributed by atoms with Crippen LogP contribution >= 0.6 is 0 Å². The maximum Gasteiger partial charge on any atom is 0.0687 e. The zero-order chi connectivity index (χ0) is 9.54. The number of nitrogens with zero attached hydrogens (tertiary/aromatic N) is 1. The highest BCUT2D eigenvalue weighted by Crippen LogP contribution is 2.32. The molecule has 0 fully saturated rings. The average Bonchev–Trinajstić information content (AvgIpc) is 2.61. The van der Waals surface area contributed by atoms with Crippen molar-refractivity contribution in [2.75, 3.05) is 0 Å². The molecule has 2 heteroatoms. The lowest BCUT2D eigenvalue weighted by atomic mass is 9.89. The Morgan fingerprint density at radius 2 is 2.07 bits per heavy atom. The predicted molar refractivity (Wildman–Crippen MR) is 56.2 cm³/mol. The van der Waals surface area contributed by atoms with Crippen LogP contribution in [0.25, 0.3) is 11.3 Å². The molecule has 0 atom stereocenters. The number of aromatic nitrogens is 2. The van der Waals surface area contributed by atoms with Crippen LogP contribution < -0.4 is 0 Å². The monoisotopic (exact) mass is 184 g/mol. The molecule has 3 rings (SSSR count). The van der Waals surface area contributed by atoms with Crippen LogP contribution in [0.1, 0.15) is 16.8 Å². The third-order valence-electron chi connectivity index (χ3n) is 3.00. The fourth-order valence-corrected chi connectivity index (χ4v) is 2.23. The molecule has 0 spiro atoms. The molecule has 0 unspecified atom stereocenters. The second-order valence-corrected chi connectivity index (χ2v) is 3.82. The molecule has 0 radical (unpaired) electrons. The molecule has 1 aromatic heterocycles. The van der Waals surface area contributed by atoms with Gasteiger partial charge in [0, 0.05) is 11.1 Å². The summed E-state index contributed by atoms with van der Waals surface area (Å²) in [6.45, 7) is 2.07. The van der Waals surface area contributed by atoms with Crippen molar-refractivity contribution in [1.29, 1.82) is 0 Å². The van der Waals surface area contributed by atoms with Gasteiger partial charge in [0.05, 0.1) is 11.4 Å². The first-order chi connectivity index (χ1) is 6.86. The van der Waals surface area contributed by atoms with Crippen molar-refractivity contribution in [2.45, 2.75) is 19.8 Å². The van der Waals surface area contributed by atoms with Crippen LogP contribution in [0.4, 0.5) is 0 Å². The number of aryl methyl sites for hydroxylation is 2. The molecule has 1 N–H and O–H groups in total. The molecule has 0 saturated carbocycles. The second kappa shape index (κ2) is 2.71. The molecule has 1 heterocycles. The molecule has 1 aromatic carbocycles. The molecule has 1 aliphatic carbocycles. The Labute approximate surface area is 83.0 Å². The SMILES string of the molecule is Cc1n[nH]c2c1CCc1ccccc1-2. The Morgan fingerprint density at radius 3 is 3.00 bits per heavy atom.